The molecule has 28 heavy (non-hydrogen) atoms. The van der Waals surface area contributed by atoms with Crippen LogP contribution in [0, 0.1) is 6.92 Å². The largest absolute Gasteiger partial charge is 0.356 e. The van der Waals surface area contributed by atoms with E-state index in [0.717, 1.165) is 41.2 Å². The van der Waals surface area contributed by atoms with Gasteiger partial charge in [0.2, 0.25) is 0 Å². The number of aryl methyl sites for hydroxylation is 1. The van der Waals surface area contributed by atoms with E-state index in [0.29, 0.717) is 6.54 Å². The van der Waals surface area contributed by atoms with Crippen LogP contribution >= 0.6 is 35.6 Å². The zero-order chi connectivity index (χ0) is 19.1. The molecule has 0 saturated carbocycles. The van der Waals surface area contributed by atoms with E-state index in [1.165, 1.54) is 5.56 Å². The number of pyridine rings is 1. The van der Waals surface area contributed by atoms with E-state index in [4.69, 9.17) is 11.6 Å². The summed E-state index contributed by atoms with van der Waals surface area (Å²) in [7, 11) is 1.76. The van der Waals surface area contributed by atoms with E-state index in [1.807, 2.05) is 54.2 Å². The van der Waals surface area contributed by atoms with Crippen LogP contribution in [0.15, 0.2) is 60.0 Å². The number of aliphatic imine (C=N–C) groups is 1. The highest BCUT2D eigenvalue weighted by atomic mass is 127. The molecule has 3 rings (SSSR count). The molecule has 0 aliphatic heterocycles. The lowest BCUT2D eigenvalue weighted by Crippen LogP contribution is -2.37. The van der Waals surface area contributed by atoms with Gasteiger partial charge in [-0.2, -0.15) is 0 Å². The zero-order valence-corrected chi connectivity index (χ0v) is 19.0. The number of hydrogen-bond acceptors (Lipinski definition) is 3. The molecule has 0 spiro atoms. The maximum atomic E-state index is 6.02. The molecule has 148 valence electrons. The molecule has 0 bridgehead atoms. The summed E-state index contributed by atoms with van der Waals surface area (Å²) in [5.74, 6) is 2.53. The number of aromatic nitrogens is 3. The average molecular weight is 511 g/mol. The molecule has 0 aliphatic carbocycles. The standard InChI is InChI=1S/C20H23ClN6.HI/c1-15-23-10-11-27(15)19-7-6-17(13-25-19)14-26-20(22-2)24-9-8-16-4-3-5-18(21)12-16;/h3-7,10-13H,8-9,14H2,1-2H3,(H2,22,24,26);1H. The number of halogens is 2. The Bertz CT molecular complexity index is 907. The Kier molecular flexibility index (Phi) is 8.72. The van der Waals surface area contributed by atoms with Crippen LogP contribution in [0.5, 0.6) is 0 Å². The molecule has 0 radical (unpaired) electrons. The summed E-state index contributed by atoms with van der Waals surface area (Å²) in [6, 6.07) is 11.9. The van der Waals surface area contributed by atoms with Crippen molar-refractivity contribution < 1.29 is 0 Å². The van der Waals surface area contributed by atoms with Gasteiger partial charge in [0.05, 0.1) is 0 Å². The van der Waals surface area contributed by atoms with E-state index in [2.05, 4.69) is 31.7 Å². The molecule has 1 aromatic carbocycles. The second-order valence-corrected chi connectivity index (χ2v) is 6.54. The monoisotopic (exact) mass is 510 g/mol. The van der Waals surface area contributed by atoms with Gasteiger partial charge < -0.3 is 10.6 Å². The highest BCUT2D eigenvalue weighted by Crippen LogP contribution is 2.11. The minimum absolute atomic E-state index is 0. The zero-order valence-electron chi connectivity index (χ0n) is 15.9. The van der Waals surface area contributed by atoms with Gasteiger partial charge in [-0.25, -0.2) is 9.97 Å². The normalized spacial score (nSPS) is 11.0. The molecule has 0 amide bonds. The molecular formula is C20H24ClIN6. The predicted molar refractivity (Wildman–Crippen MR) is 125 cm³/mol. The number of benzene rings is 1. The van der Waals surface area contributed by atoms with E-state index in [1.54, 1.807) is 13.2 Å². The van der Waals surface area contributed by atoms with Crippen LogP contribution in [0.25, 0.3) is 5.82 Å². The van der Waals surface area contributed by atoms with Gasteiger partial charge in [0.25, 0.3) is 0 Å². The molecule has 0 unspecified atom stereocenters. The minimum Gasteiger partial charge on any atom is -0.356 e. The molecule has 2 aromatic heterocycles. The highest BCUT2D eigenvalue weighted by molar-refractivity contribution is 14.0. The molecule has 3 aromatic rings. The Morgan fingerprint density at radius 1 is 1.14 bits per heavy atom. The van der Waals surface area contributed by atoms with Gasteiger partial charge in [0, 0.05) is 43.8 Å². The van der Waals surface area contributed by atoms with Gasteiger partial charge in [0.1, 0.15) is 11.6 Å². The third-order valence-corrected chi connectivity index (χ3v) is 4.40. The summed E-state index contributed by atoms with van der Waals surface area (Å²) in [6.07, 6.45) is 6.41. The SMILES string of the molecule is CN=C(NCCc1cccc(Cl)c1)NCc1ccc(-n2ccnc2C)nc1.I. The van der Waals surface area contributed by atoms with Gasteiger partial charge in [-0.05, 0) is 42.7 Å². The van der Waals surface area contributed by atoms with Crippen molar-refractivity contribution in [1.82, 2.24) is 25.2 Å². The lowest BCUT2D eigenvalue weighted by Gasteiger charge is -2.12. The summed E-state index contributed by atoms with van der Waals surface area (Å²) in [5.41, 5.74) is 2.27. The first-order valence-electron chi connectivity index (χ1n) is 8.80. The van der Waals surface area contributed by atoms with Crippen molar-refractivity contribution in [2.24, 2.45) is 4.99 Å². The van der Waals surface area contributed by atoms with Gasteiger partial charge in [-0.3, -0.25) is 9.56 Å². The Morgan fingerprint density at radius 2 is 2.00 bits per heavy atom. The number of rotatable bonds is 6. The fourth-order valence-electron chi connectivity index (χ4n) is 2.71. The van der Waals surface area contributed by atoms with Crippen LogP contribution in [0.4, 0.5) is 0 Å². The van der Waals surface area contributed by atoms with E-state index in [-0.39, 0.29) is 24.0 Å². The number of hydrogen-bond donors (Lipinski definition) is 2. The van der Waals surface area contributed by atoms with Gasteiger partial charge in [-0.1, -0.05) is 29.8 Å². The number of imidazole rings is 1. The Hall–Kier alpha value is -2.13. The van der Waals surface area contributed by atoms with Crippen molar-refractivity contribution in [3.8, 4) is 5.82 Å². The second kappa shape index (κ2) is 11.0. The first kappa shape index (κ1) is 22.2. The highest BCUT2D eigenvalue weighted by Gasteiger charge is 2.03. The van der Waals surface area contributed by atoms with Crippen LogP contribution in [0.2, 0.25) is 5.02 Å². The van der Waals surface area contributed by atoms with Crippen LogP contribution in [-0.4, -0.2) is 34.1 Å². The maximum absolute atomic E-state index is 6.02. The Labute approximate surface area is 187 Å². The van der Waals surface area contributed by atoms with Crippen molar-refractivity contribution in [3.63, 3.8) is 0 Å². The van der Waals surface area contributed by atoms with Gasteiger partial charge >= 0.3 is 0 Å². The van der Waals surface area contributed by atoms with Crippen LogP contribution in [0.1, 0.15) is 17.0 Å². The van der Waals surface area contributed by atoms with Gasteiger partial charge in [0.15, 0.2) is 5.96 Å². The topological polar surface area (TPSA) is 67.1 Å². The first-order chi connectivity index (χ1) is 13.2. The molecular weight excluding hydrogens is 487 g/mol. The van der Waals surface area contributed by atoms with Crippen molar-refractivity contribution in [3.05, 3.63) is 77.0 Å². The molecule has 0 fully saturated rings. The lowest BCUT2D eigenvalue weighted by molar-refractivity contribution is 0.792. The average Bonchev–Trinajstić information content (AvgIpc) is 3.11. The summed E-state index contributed by atoms with van der Waals surface area (Å²) < 4.78 is 1.95. The fraction of sp³-hybridized carbons (Fsp3) is 0.250. The lowest BCUT2D eigenvalue weighted by atomic mass is 10.1. The van der Waals surface area contributed by atoms with Crippen LogP contribution < -0.4 is 10.6 Å². The number of guanidine groups is 1. The summed E-state index contributed by atoms with van der Waals surface area (Å²) >= 11 is 6.02. The van der Waals surface area contributed by atoms with Gasteiger partial charge in [-0.15, -0.1) is 24.0 Å². The first-order valence-corrected chi connectivity index (χ1v) is 9.18. The number of nitrogens with one attached hydrogen (secondary N) is 2. The van der Waals surface area contributed by atoms with Crippen molar-refractivity contribution in [1.29, 1.82) is 0 Å². The van der Waals surface area contributed by atoms with E-state index >= 15 is 0 Å². The predicted octanol–water partition coefficient (Wildman–Crippen LogP) is 3.75. The Balaban J connectivity index is 0.00000280. The minimum atomic E-state index is 0. The van der Waals surface area contributed by atoms with Crippen LogP contribution in [-0.2, 0) is 13.0 Å². The third-order valence-electron chi connectivity index (χ3n) is 4.16. The maximum Gasteiger partial charge on any atom is 0.191 e. The molecule has 0 atom stereocenters. The second-order valence-electron chi connectivity index (χ2n) is 6.10. The third kappa shape index (κ3) is 6.20. The molecule has 8 heteroatoms. The fourth-order valence-corrected chi connectivity index (χ4v) is 2.92. The van der Waals surface area contributed by atoms with Crippen LogP contribution in [0.3, 0.4) is 0 Å². The van der Waals surface area contributed by atoms with Crippen molar-refractivity contribution in [2.45, 2.75) is 19.9 Å². The molecule has 0 saturated heterocycles. The molecule has 0 aliphatic rings. The van der Waals surface area contributed by atoms with Crippen molar-refractivity contribution in [2.75, 3.05) is 13.6 Å². The van der Waals surface area contributed by atoms with E-state index < -0.39 is 0 Å². The quantitative estimate of drug-likeness (QED) is 0.301. The van der Waals surface area contributed by atoms with Crippen molar-refractivity contribution >= 4 is 41.5 Å². The molecule has 2 N–H and O–H groups in total. The summed E-state index contributed by atoms with van der Waals surface area (Å²) in [6.45, 7) is 3.38. The molecule has 6 nitrogen and oxygen atoms in total. The van der Waals surface area contributed by atoms with E-state index in [9.17, 15) is 0 Å². The Morgan fingerprint density at radius 3 is 2.64 bits per heavy atom. The summed E-state index contributed by atoms with van der Waals surface area (Å²) in [4.78, 5) is 13.0. The summed E-state index contributed by atoms with van der Waals surface area (Å²) in [5, 5.41) is 7.38. The molecule has 2 heterocycles. The smallest absolute Gasteiger partial charge is 0.191 e. The number of nitrogens with zero attached hydrogens (tertiary/aromatic N) is 4.